The molecule has 2 atom stereocenters. The third-order valence-corrected chi connectivity index (χ3v) is 2.23. The van der Waals surface area contributed by atoms with Crippen molar-refractivity contribution in [2.75, 3.05) is 0 Å². The summed E-state index contributed by atoms with van der Waals surface area (Å²) in [5.74, 6) is -1.68. The first-order valence-electron chi connectivity index (χ1n) is 3.86. The summed E-state index contributed by atoms with van der Waals surface area (Å²) >= 11 is 0. The Morgan fingerprint density at radius 1 is 1.36 bits per heavy atom. The molecule has 0 saturated heterocycles. The first-order valence-corrected chi connectivity index (χ1v) is 3.86. The van der Waals surface area contributed by atoms with Crippen molar-refractivity contribution in [3.8, 4) is 0 Å². The van der Waals surface area contributed by atoms with Crippen LogP contribution in [0.3, 0.4) is 0 Å². The summed E-state index contributed by atoms with van der Waals surface area (Å²) in [5, 5.41) is 8.66. The predicted molar refractivity (Wildman–Crippen MR) is 38.8 cm³/mol. The molecule has 0 aliphatic heterocycles. The molecule has 61 valence electrons. The number of hydrogen-bond acceptors (Lipinski definition) is 2. The molecule has 2 unspecified atom stereocenters. The highest BCUT2D eigenvalue weighted by Crippen LogP contribution is 2.28. The lowest BCUT2D eigenvalue weighted by Crippen LogP contribution is -2.27. The van der Waals surface area contributed by atoms with Crippen LogP contribution in [-0.4, -0.2) is 17.4 Å². The van der Waals surface area contributed by atoms with Gasteiger partial charge in [0.1, 0.15) is 0 Å². The fourth-order valence-corrected chi connectivity index (χ4v) is 1.57. The van der Waals surface area contributed by atoms with E-state index < -0.39 is 11.9 Å². The van der Waals surface area contributed by atoms with Crippen LogP contribution in [0.15, 0.2) is 0 Å². The number of aliphatic carboxylic acids is 1. The molecule has 0 spiro atoms. The Kier molecular flexibility index (Phi) is 2.63. The van der Waals surface area contributed by atoms with Gasteiger partial charge < -0.3 is 5.11 Å². The molecular weight excluding hydrogens is 144 g/mol. The van der Waals surface area contributed by atoms with E-state index >= 15 is 0 Å². The zero-order valence-electron chi connectivity index (χ0n) is 6.25. The maximum absolute atomic E-state index is 10.5. The molecule has 0 aromatic heterocycles. The third kappa shape index (κ3) is 1.79. The van der Waals surface area contributed by atoms with Gasteiger partial charge in [0.2, 0.25) is 6.29 Å². The quantitative estimate of drug-likeness (QED) is 0.646. The zero-order valence-corrected chi connectivity index (χ0v) is 6.25. The van der Waals surface area contributed by atoms with E-state index in [9.17, 15) is 9.59 Å². The van der Waals surface area contributed by atoms with Crippen molar-refractivity contribution in [3.63, 3.8) is 0 Å². The normalized spacial score (nSPS) is 31.3. The number of carbonyl (C=O) groups is 1. The van der Waals surface area contributed by atoms with Crippen molar-refractivity contribution in [3.05, 3.63) is 0 Å². The van der Waals surface area contributed by atoms with E-state index in [0.717, 1.165) is 12.8 Å². The Hall–Kier alpha value is -0.860. The van der Waals surface area contributed by atoms with E-state index in [4.69, 9.17) is 5.11 Å². The van der Waals surface area contributed by atoms with Crippen LogP contribution in [0.2, 0.25) is 0 Å². The Morgan fingerprint density at radius 3 is 2.45 bits per heavy atom. The molecule has 0 amide bonds. The third-order valence-electron chi connectivity index (χ3n) is 2.23. The highest BCUT2D eigenvalue weighted by atomic mass is 16.4. The van der Waals surface area contributed by atoms with Crippen LogP contribution >= 0.6 is 0 Å². The number of carboxylic acid groups (broad SMARTS) is 1. The molecule has 1 aliphatic rings. The zero-order chi connectivity index (χ0) is 8.27. The minimum atomic E-state index is -0.849. The fraction of sp³-hybridized carbons (Fsp3) is 0.750. The first kappa shape index (κ1) is 8.24. The average Bonchev–Trinajstić information content (AvgIpc) is 2.04. The molecule has 11 heavy (non-hydrogen) atoms. The van der Waals surface area contributed by atoms with Gasteiger partial charge in [0.25, 0.3) is 0 Å². The molecule has 3 nitrogen and oxygen atoms in total. The second kappa shape index (κ2) is 3.51. The number of carboxylic acids is 1. The molecule has 1 fully saturated rings. The van der Waals surface area contributed by atoms with E-state index in [1.54, 1.807) is 6.29 Å². The molecule has 0 bridgehead atoms. The minimum Gasteiger partial charge on any atom is -0.481 e. The molecule has 0 heterocycles. The van der Waals surface area contributed by atoms with E-state index in [2.05, 4.69) is 0 Å². The maximum atomic E-state index is 10.5. The van der Waals surface area contributed by atoms with Crippen LogP contribution < -0.4 is 0 Å². The van der Waals surface area contributed by atoms with Crippen LogP contribution in [0.25, 0.3) is 0 Å². The van der Waals surface area contributed by atoms with Gasteiger partial charge in [-0.1, -0.05) is 12.8 Å². The Morgan fingerprint density at radius 2 is 2.00 bits per heavy atom. The summed E-state index contributed by atoms with van der Waals surface area (Å²) in [6.45, 7) is 0. The summed E-state index contributed by atoms with van der Waals surface area (Å²) in [6, 6.07) is 0. The first-order chi connectivity index (χ1) is 5.25. The van der Waals surface area contributed by atoms with E-state index in [1.165, 1.54) is 0 Å². The van der Waals surface area contributed by atoms with Crippen molar-refractivity contribution < 1.29 is 14.7 Å². The standard InChI is InChI=1S/C8H11O3/c9-5-6-3-1-2-4-7(6)8(10)11/h6-7H,1-4H2,(H,10,11). The Balaban J connectivity index is 2.58. The molecule has 0 aromatic carbocycles. The molecule has 0 aromatic rings. The molecule has 1 N–H and O–H groups in total. The Labute approximate surface area is 65.4 Å². The summed E-state index contributed by atoms with van der Waals surface area (Å²) < 4.78 is 0. The number of hydrogen-bond donors (Lipinski definition) is 1. The van der Waals surface area contributed by atoms with Gasteiger partial charge in [-0.2, -0.15) is 0 Å². The number of carbonyl (C=O) groups excluding carboxylic acids is 1. The lowest BCUT2D eigenvalue weighted by atomic mass is 9.80. The van der Waals surface area contributed by atoms with Gasteiger partial charge in [-0.3, -0.25) is 9.59 Å². The van der Waals surface area contributed by atoms with Crippen molar-refractivity contribution >= 4 is 12.3 Å². The average molecular weight is 155 g/mol. The van der Waals surface area contributed by atoms with Crippen LogP contribution in [0.5, 0.6) is 0 Å². The van der Waals surface area contributed by atoms with Crippen LogP contribution in [0.1, 0.15) is 25.7 Å². The summed E-state index contributed by atoms with van der Waals surface area (Å²) in [4.78, 5) is 20.8. The maximum Gasteiger partial charge on any atom is 0.307 e. The second-order valence-corrected chi connectivity index (χ2v) is 2.95. The van der Waals surface area contributed by atoms with Crippen molar-refractivity contribution in [1.82, 2.24) is 0 Å². The summed E-state index contributed by atoms with van der Waals surface area (Å²) in [7, 11) is 0. The molecule has 3 heteroatoms. The van der Waals surface area contributed by atoms with Crippen LogP contribution in [-0.2, 0) is 9.59 Å². The van der Waals surface area contributed by atoms with Crippen molar-refractivity contribution in [2.24, 2.45) is 11.8 Å². The number of rotatable bonds is 2. The van der Waals surface area contributed by atoms with E-state index in [-0.39, 0.29) is 5.92 Å². The van der Waals surface area contributed by atoms with E-state index in [1.807, 2.05) is 0 Å². The fourth-order valence-electron chi connectivity index (χ4n) is 1.57. The predicted octanol–water partition coefficient (Wildman–Crippen LogP) is 0.987. The largest absolute Gasteiger partial charge is 0.481 e. The van der Waals surface area contributed by atoms with Crippen LogP contribution in [0.4, 0.5) is 0 Å². The lowest BCUT2D eigenvalue weighted by molar-refractivity contribution is -0.143. The summed E-state index contributed by atoms with van der Waals surface area (Å²) in [6.07, 6.45) is 5.02. The van der Waals surface area contributed by atoms with Crippen LogP contribution in [0, 0.1) is 11.8 Å². The minimum absolute atomic E-state index is 0.360. The lowest BCUT2D eigenvalue weighted by Gasteiger charge is -2.22. The van der Waals surface area contributed by atoms with E-state index in [0.29, 0.717) is 12.8 Å². The molecule has 1 saturated carbocycles. The van der Waals surface area contributed by atoms with Gasteiger partial charge in [-0.25, -0.2) is 0 Å². The van der Waals surface area contributed by atoms with Gasteiger partial charge in [-0.05, 0) is 12.8 Å². The van der Waals surface area contributed by atoms with Gasteiger partial charge in [0, 0.05) is 5.92 Å². The topological polar surface area (TPSA) is 54.4 Å². The highest BCUT2D eigenvalue weighted by Gasteiger charge is 2.30. The van der Waals surface area contributed by atoms with Gasteiger partial charge in [-0.15, -0.1) is 0 Å². The monoisotopic (exact) mass is 155 g/mol. The molecular formula is C8H11O3. The second-order valence-electron chi connectivity index (χ2n) is 2.95. The molecule has 1 aliphatic carbocycles. The van der Waals surface area contributed by atoms with Crippen molar-refractivity contribution in [2.45, 2.75) is 25.7 Å². The van der Waals surface area contributed by atoms with Gasteiger partial charge >= 0.3 is 5.97 Å². The highest BCUT2D eigenvalue weighted by molar-refractivity contribution is 5.75. The van der Waals surface area contributed by atoms with Crippen molar-refractivity contribution in [1.29, 1.82) is 0 Å². The summed E-state index contributed by atoms with van der Waals surface area (Å²) in [5.41, 5.74) is 0. The van der Waals surface area contributed by atoms with Gasteiger partial charge in [0.05, 0.1) is 5.92 Å². The molecule has 1 rings (SSSR count). The molecule has 1 radical (unpaired) electrons. The SMILES string of the molecule is O=[C]C1CCCCC1C(=O)O. The Bertz CT molecular complexity index is 165. The van der Waals surface area contributed by atoms with Gasteiger partial charge in [0.15, 0.2) is 0 Å². The smallest absolute Gasteiger partial charge is 0.307 e.